The molecular formula is C21H25ClN2O3. The number of nitrogens with one attached hydrogen (secondary N) is 1. The molecule has 0 saturated heterocycles. The Kier molecular flexibility index (Phi) is 8.14. The Labute approximate surface area is 165 Å². The Balaban J connectivity index is 1.73. The third-order valence-corrected chi connectivity index (χ3v) is 4.11. The molecular weight excluding hydrogens is 364 g/mol. The Morgan fingerprint density at radius 1 is 1.15 bits per heavy atom. The maximum atomic E-state index is 11.9. The molecule has 0 spiro atoms. The molecule has 0 radical (unpaired) electrons. The van der Waals surface area contributed by atoms with Crippen LogP contribution in [0.1, 0.15) is 37.8 Å². The summed E-state index contributed by atoms with van der Waals surface area (Å²) in [5.41, 5.74) is 5.22. The molecule has 5 nitrogen and oxygen atoms in total. The van der Waals surface area contributed by atoms with Crippen LogP contribution >= 0.6 is 11.6 Å². The molecule has 0 aliphatic heterocycles. The van der Waals surface area contributed by atoms with Gasteiger partial charge < -0.3 is 9.47 Å². The van der Waals surface area contributed by atoms with Crippen molar-refractivity contribution in [3.05, 3.63) is 58.6 Å². The summed E-state index contributed by atoms with van der Waals surface area (Å²) in [5.74, 6) is 1.45. The van der Waals surface area contributed by atoms with Crippen molar-refractivity contribution in [3.8, 4) is 11.5 Å². The highest BCUT2D eigenvalue weighted by atomic mass is 35.5. The molecule has 0 heterocycles. The van der Waals surface area contributed by atoms with Crippen LogP contribution in [-0.2, 0) is 4.79 Å². The van der Waals surface area contributed by atoms with Gasteiger partial charge in [0.15, 0.2) is 0 Å². The minimum absolute atomic E-state index is 0.142. The molecule has 0 bridgehead atoms. The van der Waals surface area contributed by atoms with Crippen LogP contribution in [0.15, 0.2) is 47.6 Å². The Morgan fingerprint density at radius 3 is 2.56 bits per heavy atom. The number of halogens is 1. The molecule has 1 N–H and O–H groups in total. The second-order valence-electron chi connectivity index (χ2n) is 6.05. The minimum atomic E-state index is -0.142. The molecule has 1 amide bonds. The highest BCUT2D eigenvalue weighted by Gasteiger charge is 2.04. The standard InChI is InChI=1S/C21H25ClN2O3/c1-4-26-19-10-7-17(8-11-19)16(3)23-24-21(25)6-5-13-27-20-12-9-18(22)14-15(20)2/h7-12,14H,4-6,13H2,1-3H3,(H,24,25)/b23-16+. The maximum absolute atomic E-state index is 11.9. The van der Waals surface area contributed by atoms with Crippen LogP contribution in [0.2, 0.25) is 5.02 Å². The van der Waals surface area contributed by atoms with Crippen molar-refractivity contribution in [1.29, 1.82) is 0 Å². The number of hydrogen-bond donors (Lipinski definition) is 1. The SMILES string of the molecule is CCOc1ccc(/C(C)=N/NC(=O)CCCOc2ccc(Cl)cc2C)cc1. The predicted octanol–water partition coefficient (Wildman–Crippen LogP) is 4.75. The number of carbonyl (C=O) groups is 1. The van der Waals surface area contributed by atoms with Crippen LogP contribution in [-0.4, -0.2) is 24.8 Å². The first-order valence-electron chi connectivity index (χ1n) is 8.95. The third kappa shape index (κ3) is 6.94. The van der Waals surface area contributed by atoms with Gasteiger partial charge >= 0.3 is 0 Å². The molecule has 0 unspecified atom stereocenters. The minimum Gasteiger partial charge on any atom is -0.494 e. The van der Waals surface area contributed by atoms with Gasteiger partial charge in [-0.25, -0.2) is 5.43 Å². The van der Waals surface area contributed by atoms with E-state index in [-0.39, 0.29) is 5.91 Å². The van der Waals surface area contributed by atoms with Gasteiger partial charge in [0.2, 0.25) is 5.91 Å². The fourth-order valence-electron chi connectivity index (χ4n) is 2.42. The van der Waals surface area contributed by atoms with Gasteiger partial charge in [-0.1, -0.05) is 11.6 Å². The third-order valence-electron chi connectivity index (χ3n) is 3.87. The van der Waals surface area contributed by atoms with E-state index in [1.807, 2.05) is 57.2 Å². The second-order valence-corrected chi connectivity index (χ2v) is 6.49. The Hall–Kier alpha value is -2.53. The van der Waals surface area contributed by atoms with Crippen LogP contribution in [0.5, 0.6) is 11.5 Å². The zero-order chi connectivity index (χ0) is 19.6. The van der Waals surface area contributed by atoms with E-state index in [2.05, 4.69) is 10.5 Å². The van der Waals surface area contributed by atoms with E-state index in [9.17, 15) is 4.79 Å². The number of nitrogens with zero attached hydrogens (tertiary/aromatic N) is 1. The summed E-state index contributed by atoms with van der Waals surface area (Å²) in [7, 11) is 0. The van der Waals surface area contributed by atoms with Crippen LogP contribution in [0.3, 0.4) is 0 Å². The molecule has 2 aromatic rings. The molecule has 0 fully saturated rings. The van der Waals surface area contributed by atoms with Crippen molar-refractivity contribution in [3.63, 3.8) is 0 Å². The van der Waals surface area contributed by atoms with Gasteiger partial charge in [0, 0.05) is 11.4 Å². The lowest BCUT2D eigenvalue weighted by Crippen LogP contribution is -2.19. The van der Waals surface area contributed by atoms with E-state index in [1.165, 1.54) is 0 Å². The number of hydrogen-bond acceptors (Lipinski definition) is 4. The summed E-state index contributed by atoms with van der Waals surface area (Å²) in [6.45, 7) is 6.81. The van der Waals surface area contributed by atoms with Crippen molar-refractivity contribution in [2.24, 2.45) is 5.10 Å². The number of ether oxygens (including phenoxy) is 2. The normalized spacial score (nSPS) is 11.2. The second kappa shape index (κ2) is 10.6. The van der Waals surface area contributed by atoms with Crippen LogP contribution < -0.4 is 14.9 Å². The van der Waals surface area contributed by atoms with Crippen LogP contribution in [0, 0.1) is 6.92 Å². The summed E-state index contributed by atoms with van der Waals surface area (Å²) >= 11 is 5.92. The Bertz CT molecular complexity index is 789. The average Bonchev–Trinajstić information content (AvgIpc) is 2.65. The van der Waals surface area contributed by atoms with E-state index >= 15 is 0 Å². The first-order valence-corrected chi connectivity index (χ1v) is 9.32. The van der Waals surface area contributed by atoms with Crippen molar-refractivity contribution >= 4 is 23.2 Å². The van der Waals surface area contributed by atoms with Crippen molar-refractivity contribution in [2.45, 2.75) is 33.6 Å². The quantitative estimate of drug-likeness (QED) is 0.383. The van der Waals surface area contributed by atoms with Gasteiger partial charge in [0.1, 0.15) is 11.5 Å². The smallest absolute Gasteiger partial charge is 0.240 e. The van der Waals surface area contributed by atoms with Gasteiger partial charge in [-0.15, -0.1) is 0 Å². The highest BCUT2D eigenvalue weighted by molar-refractivity contribution is 6.30. The summed E-state index contributed by atoms with van der Waals surface area (Å²) in [5, 5.41) is 4.83. The summed E-state index contributed by atoms with van der Waals surface area (Å²) in [6.07, 6.45) is 0.943. The van der Waals surface area contributed by atoms with Crippen molar-refractivity contribution in [1.82, 2.24) is 5.43 Å². The van der Waals surface area contributed by atoms with Gasteiger partial charge in [-0.3, -0.25) is 4.79 Å². The molecule has 27 heavy (non-hydrogen) atoms. The zero-order valence-electron chi connectivity index (χ0n) is 15.9. The average molecular weight is 389 g/mol. The first-order chi connectivity index (χ1) is 13.0. The molecule has 0 saturated carbocycles. The van der Waals surface area contributed by atoms with E-state index in [0.717, 1.165) is 28.3 Å². The summed E-state index contributed by atoms with van der Waals surface area (Å²) < 4.78 is 11.1. The lowest BCUT2D eigenvalue weighted by Gasteiger charge is -2.09. The topological polar surface area (TPSA) is 59.9 Å². The molecule has 2 rings (SSSR count). The molecule has 0 atom stereocenters. The van der Waals surface area contributed by atoms with Gasteiger partial charge in [0.05, 0.1) is 18.9 Å². The monoisotopic (exact) mass is 388 g/mol. The lowest BCUT2D eigenvalue weighted by atomic mass is 10.1. The van der Waals surface area contributed by atoms with E-state index in [4.69, 9.17) is 21.1 Å². The molecule has 0 aromatic heterocycles. The number of benzene rings is 2. The molecule has 144 valence electrons. The van der Waals surface area contributed by atoms with E-state index < -0.39 is 0 Å². The number of amides is 1. The Morgan fingerprint density at radius 2 is 1.89 bits per heavy atom. The number of carbonyl (C=O) groups excluding carboxylic acids is 1. The predicted molar refractivity (Wildman–Crippen MR) is 109 cm³/mol. The van der Waals surface area contributed by atoms with E-state index in [1.54, 1.807) is 6.07 Å². The maximum Gasteiger partial charge on any atom is 0.240 e. The van der Waals surface area contributed by atoms with Gasteiger partial charge in [-0.05, 0) is 80.8 Å². The highest BCUT2D eigenvalue weighted by Crippen LogP contribution is 2.21. The fraction of sp³-hybridized carbons (Fsp3) is 0.333. The molecule has 0 aliphatic rings. The van der Waals surface area contributed by atoms with Gasteiger partial charge in [-0.2, -0.15) is 5.10 Å². The van der Waals surface area contributed by atoms with Crippen molar-refractivity contribution < 1.29 is 14.3 Å². The number of hydrazone groups is 1. The van der Waals surface area contributed by atoms with Gasteiger partial charge in [0.25, 0.3) is 0 Å². The lowest BCUT2D eigenvalue weighted by molar-refractivity contribution is -0.121. The largest absolute Gasteiger partial charge is 0.494 e. The summed E-state index contributed by atoms with van der Waals surface area (Å²) in [4.78, 5) is 11.9. The molecule has 6 heteroatoms. The van der Waals surface area contributed by atoms with Crippen LogP contribution in [0.4, 0.5) is 0 Å². The zero-order valence-corrected chi connectivity index (χ0v) is 16.7. The van der Waals surface area contributed by atoms with Crippen molar-refractivity contribution in [2.75, 3.05) is 13.2 Å². The fourth-order valence-corrected chi connectivity index (χ4v) is 2.64. The van der Waals surface area contributed by atoms with E-state index in [0.29, 0.717) is 31.1 Å². The first kappa shape index (κ1) is 20.8. The molecule has 0 aliphatic carbocycles. The summed E-state index contributed by atoms with van der Waals surface area (Å²) in [6, 6.07) is 13.1. The number of aryl methyl sites for hydroxylation is 1. The van der Waals surface area contributed by atoms with Crippen LogP contribution in [0.25, 0.3) is 0 Å². The number of rotatable bonds is 9. The molecule has 2 aromatic carbocycles.